The zero-order valence-corrected chi connectivity index (χ0v) is 14.6. The molecule has 0 radical (unpaired) electrons. The molecule has 1 atom stereocenters. The summed E-state index contributed by atoms with van der Waals surface area (Å²) in [6, 6.07) is 1.96. The van der Waals surface area contributed by atoms with Gasteiger partial charge < -0.3 is 10.6 Å². The summed E-state index contributed by atoms with van der Waals surface area (Å²) in [5.41, 5.74) is 0.982. The second-order valence-corrected chi connectivity index (χ2v) is 6.83. The third kappa shape index (κ3) is 3.62. The van der Waals surface area contributed by atoms with Crippen molar-refractivity contribution < 1.29 is 4.79 Å². The zero-order valence-electron chi connectivity index (χ0n) is 13.0. The average Bonchev–Trinajstić information content (AvgIpc) is 3.03. The molecule has 1 aliphatic rings. The summed E-state index contributed by atoms with van der Waals surface area (Å²) in [7, 11) is 1.92. The van der Waals surface area contributed by atoms with Crippen LogP contribution >= 0.6 is 23.7 Å². The Morgan fingerprint density at radius 2 is 2.41 bits per heavy atom. The van der Waals surface area contributed by atoms with E-state index in [1.165, 1.54) is 24.2 Å². The Balaban J connectivity index is 0.00000176. The number of fused-ring (bicyclic) bond motifs is 1. The number of hydrogen-bond acceptors (Lipinski definition) is 4. The summed E-state index contributed by atoms with van der Waals surface area (Å²) in [5.74, 6) is 0.743. The number of carbonyl (C=O) groups is 1. The van der Waals surface area contributed by atoms with Crippen LogP contribution in [0.5, 0.6) is 0 Å². The second kappa shape index (κ2) is 7.44. The number of hydrogen-bond donors (Lipinski definition) is 2. The van der Waals surface area contributed by atoms with Crippen LogP contribution in [0, 0.1) is 12.8 Å². The Morgan fingerprint density at radius 3 is 3.09 bits per heavy atom. The van der Waals surface area contributed by atoms with Crippen LogP contribution in [-0.4, -0.2) is 35.3 Å². The molecule has 2 N–H and O–H groups in total. The predicted molar refractivity (Wildman–Crippen MR) is 93.1 cm³/mol. The SMILES string of the molecule is Cc1nn(C)c2sc(C(=O)NCCC3CCCNC3)cc12.Cl. The highest BCUT2D eigenvalue weighted by Gasteiger charge is 2.16. The van der Waals surface area contributed by atoms with Gasteiger partial charge in [-0.05, 0) is 51.3 Å². The van der Waals surface area contributed by atoms with Crippen LogP contribution in [0.2, 0.25) is 0 Å². The van der Waals surface area contributed by atoms with E-state index in [0.29, 0.717) is 5.92 Å². The van der Waals surface area contributed by atoms with Crippen molar-refractivity contribution in [2.45, 2.75) is 26.2 Å². The lowest BCUT2D eigenvalue weighted by Crippen LogP contribution is -2.33. The van der Waals surface area contributed by atoms with E-state index in [0.717, 1.165) is 46.8 Å². The minimum absolute atomic E-state index is 0. The normalized spacial score (nSPS) is 18.2. The van der Waals surface area contributed by atoms with Gasteiger partial charge in [0.2, 0.25) is 0 Å². The van der Waals surface area contributed by atoms with Crippen molar-refractivity contribution in [3.8, 4) is 0 Å². The smallest absolute Gasteiger partial charge is 0.261 e. The lowest BCUT2D eigenvalue weighted by atomic mass is 9.96. The second-order valence-electron chi connectivity index (χ2n) is 5.80. The number of nitrogens with one attached hydrogen (secondary N) is 2. The molecule has 22 heavy (non-hydrogen) atoms. The molecule has 0 aliphatic carbocycles. The van der Waals surface area contributed by atoms with Gasteiger partial charge in [-0.3, -0.25) is 9.48 Å². The van der Waals surface area contributed by atoms with E-state index in [-0.39, 0.29) is 18.3 Å². The van der Waals surface area contributed by atoms with Crippen molar-refractivity contribution in [1.82, 2.24) is 20.4 Å². The molecule has 3 heterocycles. The number of rotatable bonds is 4. The van der Waals surface area contributed by atoms with E-state index in [2.05, 4.69) is 15.7 Å². The molecule has 0 aromatic carbocycles. The Morgan fingerprint density at radius 1 is 1.59 bits per heavy atom. The molecule has 0 saturated carbocycles. The first-order valence-corrected chi connectivity index (χ1v) is 8.39. The lowest BCUT2D eigenvalue weighted by molar-refractivity contribution is 0.0955. The van der Waals surface area contributed by atoms with Gasteiger partial charge in [-0.25, -0.2) is 0 Å². The quantitative estimate of drug-likeness (QED) is 0.897. The number of aryl methyl sites for hydroxylation is 2. The third-order valence-corrected chi connectivity index (χ3v) is 5.36. The van der Waals surface area contributed by atoms with Crippen molar-refractivity contribution in [3.05, 3.63) is 16.6 Å². The first-order valence-electron chi connectivity index (χ1n) is 7.57. The standard InChI is InChI=1S/C15H22N4OS.ClH/c1-10-12-8-13(21-15(12)19(2)18-10)14(20)17-7-5-11-4-3-6-16-9-11;/h8,11,16H,3-7,9H2,1-2H3,(H,17,20);1H. The number of thiophene rings is 1. The lowest BCUT2D eigenvalue weighted by Gasteiger charge is -2.22. The van der Waals surface area contributed by atoms with Gasteiger partial charge in [0, 0.05) is 19.0 Å². The van der Waals surface area contributed by atoms with E-state index in [1.807, 2.05) is 24.7 Å². The van der Waals surface area contributed by atoms with Crippen molar-refractivity contribution in [3.63, 3.8) is 0 Å². The highest BCUT2D eigenvalue weighted by Crippen LogP contribution is 2.27. The molecular weight excluding hydrogens is 320 g/mol. The van der Waals surface area contributed by atoms with Crippen molar-refractivity contribution >= 4 is 39.9 Å². The van der Waals surface area contributed by atoms with Crippen molar-refractivity contribution in [2.75, 3.05) is 19.6 Å². The molecule has 1 amide bonds. The van der Waals surface area contributed by atoms with Gasteiger partial charge in [0.1, 0.15) is 4.83 Å². The summed E-state index contributed by atoms with van der Waals surface area (Å²) in [4.78, 5) is 14.1. The fourth-order valence-corrected chi connectivity index (χ4v) is 4.00. The molecule has 1 unspecified atom stereocenters. The molecule has 0 spiro atoms. The molecule has 7 heteroatoms. The van der Waals surface area contributed by atoms with Crippen LogP contribution in [0.1, 0.15) is 34.6 Å². The fraction of sp³-hybridized carbons (Fsp3) is 0.600. The topological polar surface area (TPSA) is 59.0 Å². The Bertz CT molecular complexity index is 611. The molecule has 2 aromatic rings. The maximum absolute atomic E-state index is 12.2. The average molecular weight is 343 g/mol. The van der Waals surface area contributed by atoms with Gasteiger partial charge in [-0.2, -0.15) is 5.10 Å². The van der Waals surface area contributed by atoms with Gasteiger partial charge in [-0.15, -0.1) is 23.7 Å². The Kier molecular flexibility index (Phi) is 5.83. The molecule has 3 rings (SSSR count). The number of nitrogens with zero attached hydrogens (tertiary/aromatic N) is 2. The zero-order chi connectivity index (χ0) is 14.8. The van der Waals surface area contributed by atoms with E-state index < -0.39 is 0 Å². The van der Waals surface area contributed by atoms with Crippen LogP contribution in [0.3, 0.4) is 0 Å². The first kappa shape index (κ1) is 17.2. The van der Waals surface area contributed by atoms with Gasteiger partial charge >= 0.3 is 0 Å². The number of halogens is 1. The summed E-state index contributed by atoms with van der Waals surface area (Å²) in [6.07, 6.45) is 3.59. The summed E-state index contributed by atoms with van der Waals surface area (Å²) >= 11 is 1.51. The predicted octanol–water partition coefficient (Wildman–Crippen LogP) is 2.48. The molecule has 2 aromatic heterocycles. The van der Waals surface area contributed by atoms with E-state index in [4.69, 9.17) is 0 Å². The van der Waals surface area contributed by atoms with Crippen molar-refractivity contribution in [2.24, 2.45) is 13.0 Å². The first-order chi connectivity index (χ1) is 10.1. The van der Waals surface area contributed by atoms with Crippen LogP contribution < -0.4 is 10.6 Å². The van der Waals surface area contributed by atoms with Crippen LogP contribution in [0.15, 0.2) is 6.07 Å². The van der Waals surface area contributed by atoms with Gasteiger partial charge in [-0.1, -0.05) is 0 Å². The number of amides is 1. The van der Waals surface area contributed by atoms with Gasteiger partial charge in [0.05, 0.1) is 10.6 Å². The summed E-state index contributed by atoms with van der Waals surface area (Å²) in [5, 5.41) is 11.9. The molecular formula is C15H23ClN4OS. The van der Waals surface area contributed by atoms with Crippen LogP contribution in [0.4, 0.5) is 0 Å². The van der Waals surface area contributed by atoms with Crippen LogP contribution in [0.25, 0.3) is 10.2 Å². The highest BCUT2D eigenvalue weighted by atomic mass is 35.5. The molecule has 1 aliphatic heterocycles. The summed E-state index contributed by atoms with van der Waals surface area (Å²) in [6.45, 7) is 4.96. The largest absolute Gasteiger partial charge is 0.351 e. The van der Waals surface area contributed by atoms with E-state index in [9.17, 15) is 4.79 Å². The Labute approximate surface area is 140 Å². The maximum Gasteiger partial charge on any atom is 0.261 e. The van der Waals surface area contributed by atoms with E-state index in [1.54, 1.807) is 0 Å². The van der Waals surface area contributed by atoms with Crippen LogP contribution in [-0.2, 0) is 7.05 Å². The highest BCUT2D eigenvalue weighted by molar-refractivity contribution is 7.20. The van der Waals surface area contributed by atoms with Gasteiger partial charge in [0.25, 0.3) is 5.91 Å². The fourth-order valence-electron chi connectivity index (χ4n) is 2.96. The maximum atomic E-state index is 12.2. The Hall–Kier alpha value is -1.11. The molecule has 0 bridgehead atoms. The van der Waals surface area contributed by atoms with Gasteiger partial charge in [0.15, 0.2) is 0 Å². The minimum Gasteiger partial charge on any atom is -0.351 e. The number of piperidine rings is 1. The monoisotopic (exact) mass is 342 g/mol. The molecule has 122 valence electrons. The molecule has 1 fully saturated rings. The molecule has 5 nitrogen and oxygen atoms in total. The summed E-state index contributed by atoms with van der Waals surface area (Å²) < 4.78 is 1.85. The van der Waals surface area contributed by atoms with E-state index >= 15 is 0 Å². The third-order valence-electron chi connectivity index (χ3n) is 4.16. The number of aromatic nitrogens is 2. The van der Waals surface area contributed by atoms with Crippen molar-refractivity contribution in [1.29, 1.82) is 0 Å². The number of carbonyl (C=O) groups excluding carboxylic acids is 1. The molecule has 1 saturated heterocycles. The minimum atomic E-state index is 0.